The van der Waals surface area contributed by atoms with Crippen molar-refractivity contribution in [3.05, 3.63) is 0 Å². The molecule has 0 N–H and O–H groups in total. The molecule has 0 unspecified atom stereocenters. The molecule has 0 saturated heterocycles. The highest BCUT2D eigenvalue weighted by atomic mass is 16.3. The molecule has 1 nitrogen and oxygen atoms in total. The lowest BCUT2D eigenvalue weighted by Crippen LogP contribution is -2.52. The Kier molecular flexibility index (Phi) is 13.9. The van der Waals surface area contributed by atoms with Gasteiger partial charge in [-0.2, -0.15) is 0 Å². The number of furan rings is 1. The molecule has 31 heteroatoms. The van der Waals surface area contributed by atoms with E-state index in [9.17, 15) is 0 Å². The van der Waals surface area contributed by atoms with E-state index in [0.29, 0.717) is 0 Å². The second-order valence-corrected chi connectivity index (χ2v) is 19.9. The van der Waals surface area contributed by atoms with Gasteiger partial charge in [0, 0.05) is 10.8 Å². The van der Waals surface area contributed by atoms with Crippen molar-refractivity contribution in [3.8, 4) is 33.4 Å². The summed E-state index contributed by atoms with van der Waals surface area (Å²) in [4.78, 5) is 0. The van der Waals surface area contributed by atoms with Gasteiger partial charge in [0.15, 0.2) is 0 Å². The van der Waals surface area contributed by atoms with Crippen LogP contribution in [0.3, 0.4) is 0 Å². The lowest BCUT2D eigenvalue weighted by atomic mass is 9.55. The van der Waals surface area contributed by atoms with Crippen molar-refractivity contribution in [2.24, 2.45) is 0 Å². The maximum Gasteiger partial charge on any atom is 0.128 e. The quantitative estimate of drug-likeness (QED) is 0.0977. The van der Waals surface area contributed by atoms with Crippen molar-refractivity contribution in [2.45, 2.75) is 0 Å². The summed E-state index contributed by atoms with van der Waals surface area (Å²) in [5, 5.41) is 0.210. The third-order valence-electron chi connectivity index (χ3n) is 16.0. The molecule has 11 aromatic rings. The molecule has 0 aliphatic heterocycles. The number of benzene rings is 10. The zero-order valence-electron chi connectivity index (χ0n) is 42.7. The molecular formula is C50B30O. The van der Waals surface area contributed by atoms with Gasteiger partial charge in [-0.25, -0.2) is 0 Å². The molecule has 60 radical (unpaired) electrons. The minimum absolute atomic E-state index is 0.0288. The van der Waals surface area contributed by atoms with Crippen LogP contribution in [-0.2, 0) is 0 Å². The minimum Gasteiger partial charge on any atom is -0.457 e. The van der Waals surface area contributed by atoms with Crippen LogP contribution in [0, 0.1) is 0 Å². The fourth-order valence-electron chi connectivity index (χ4n) is 11.8. The van der Waals surface area contributed by atoms with Gasteiger partial charge in [0.2, 0.25) is 0 Å². The average Bonchev–Trinajstić information content (AvgIpc) is 3.16. The van der Waals surface area contributed by atoms with Crippen LogP contribution in [0.15, 0.2) is 4.42 Å². The van der Waals surface area contributed by atoms with E-state index in [2.05, 4.69) is 0 Å². The van der Waals surface area contributed by atoms with E-state index in [1.165, 1.54) is 0 Å². The molecular weight excluding hydrogens is 941 g/mol. The first kappa shape index (κ1) is 58.0. The smallest absolute Gasteiger partial charge is 0.128 e. The molecule has 1 heterocycles. The molecule has 0 aliphatic carbocycles. The number of hydrogen-bond donors (Lipinski definition) is 0. The molecule has 0 spiro atoms. The minimum atomic E-state index is -0.307. The fourth-order valence-corrected chi connectivity index (χ4v) is 11.8. The fraction of sp³-hybridized carbons (Fsp3) is 0. The maximum atomic E-state index is 7.57. The van der Waals surface area contributed by atoms with Gasteiger partial charge in [-0.15, -0.1) is 60.1 Å². The third kappa shape index (κ3) is 7.30. The van der Waals surface area contributed by atoms with E-state index >= 15 is 0 Å². The lowest BCUT2D eigenvalue weighted by molar-refractivity contribution is 0.675. The van der Waals surface area contributed by atoms with E-state index in [0.717, 1.165) is 0 Å². The molecule has 81 heavy (non-hydrogen) atoms. The molecule has 11 rings (SSSR count). The second kappa shape index (κ2) is 19.4. The van der Waals surface area contributed by atoms with Crippen molar-refractivity contribution in [1.82, 2.24) is 0 Å². The first-order valence-electron chi connectivity index (χ1n) is 23.8. The molecule has 0 amide bonds. The summed E-state index contributed by atoms with van der Waals surface area (Å²) >= 11 is 0. The maximum absolute atomic E-state index is 7.57. The highest BCUT2D eigenvalue weighted by molar-refractivity contribution is 6.79. The Balaban J connectivity index is 1.45. The Bertz CT molecular complexity index is 4850. The van der Waals surface area contributed by atoms with Gasteiger partial charge in [0.05, 0.1) is 0 Å². The molecule has 296 valence electrons. The second-order valence-electron chi connectivity index (χ2n) is 19.9. The van der Waals surface area contributed by atoms with Crippen molar-refractivity contribution in [1.29, 1.82) is 0 Å². The summed E-state index contributed by atoms with van der Waals surface area (Å²) in [6.45, 7) is 0. The van der Waals surface area contributed by atoms with Crippen molar-refractivity contribution in [2.75, 3.05) is 0 Å². The topological polar surface area (TPSA) is 13.1 Å². The summed E-state index contributed by atoms with van der Waals surface area (Å²) in [5.74, 6) is 0. The largest absolute Gasteiger partial charge is 0.457 e. The molecule has 0 fully saturated rings. The van der Waals surface area contributed by atoms with Gasteiger partial charge in [0.1, 0.15) is 247 Å². The summed E-state index contributed by atoms with van der Waals surface area (Å²) in [7, 11) is 206. The van der Waals surface area contributed by atoms with Gasteiger partial charge in [0.25, 0.3) is 0 Å². The predicted octanol–water partition coefficient (Wildman–Crippen LogP) is -21.8. The first-order chi connectivity index (χ1) is 37.8. The van der Waals surface area contributed by atoms with Gasteiger partial charge in [-0.1, -0.05) is 98.3 Å². The zero-order valence-corrected chi connectivity index (χ0v) is 42.7. The van der Waals surface area contributed by atoms with Gasteiger partial charge >= 0.3 is 0 Å². The Hall–Kier alpha value is -4.75. The summed E-state index contributed by atoms with van der Waals surface area (Å²) in [6, 6.07) is 0. The Morgan fingerprint density at radius 3 is 0.728 bits per heavy atom. The highest BCUT2D eigenvalue weighted by Gasteiger charge is 2.33. The average molecular weight is 941 g/mol. The van der Waals surface area contributed by atoms with E-state index in [1.807, 2.05) is 0 Å². The molecule has 0 aliphatic rings. The molecule has 0 atom stereocenters. The van der Waals surface area contributed by atoms with Crippen LogP contribution in [0.5, 0.6) is 0 Å². The summed E-state index contributed by atoms with van der Waals surface area (Å²) in [6.07, 6.45) is 0. The van der Waals surface area contributed by atoms with Crippen LogP contribution < -0.4 is 164 Å². The van der Waals surface area contributed by atoms with E-state index in [4.69, 9.17) is 240 Å². The van der Waals surface area contributed by atoms with Crippen LogP contribution in [0.1, 0.15) is 0 Å². The zero-order chi connectivity index (χ0) is 59.6. The Morgan fingerprint density at radius 1 is 0.111 bits per heavy atom. The Morgan fingerprint density at radius 2 is 0.333 bits per heavy atom. The molecule has 10 aromatic carbocycles. The van der Waals surface area contributed by atoms with Crippen LogP contribution in [0.25, 0.3) is 109 Å². The predicted molar refractivity (Wildman–Crippen MR) is 379 cm³/mol. The first-order valence-corrected chi connectivity index (χ1v) is 23.8. The van der Waals surface area contributed by atoms with Gasteiger partial charge in [-0.3, -0.25) is 0 Å². The molecule has 0 saturated carbocycles. The van der Waals surface area contributed by atoms with E-state index in [-0.39, 0.29) is 273 Å². The number of fused-ring (bicyclic) bond motifs is 9. The van der Waals surface area contributed by atoms with Crippen molar-refractivity contribution in [3.63, 3.8) is 0 Å². The number of hydrogen-bond acceptors (Lipinski definition) is 1. The monoisotopic (exact) mass is 946 g/mol. The number of rotatable bonds is 3. The van der Waals surface area contributed by atoms with Crippen LogP contribution >= 0.6 is 0 Å². The van der Waals surface area contributed by atoms with Crippen LogP contribution in [0.4, 0.5) is 0 Å². The highest BCUT2D eigenvalue weighted by Crippen LogP contribution is 2.43. The van der Waals surface area contributed by atoms with Gasteiger partial charge in [-0.05, 0) is 92.7 Å². The van der Waals surface area contributed by atoms with Gasteiger partial charge < -0.3 is 4.42 Å². The molecule has 1 aromatic heterocycles. The van der Waals surface area contributed by atoms with Crippen LogP contribution in [0.2, 0.25) is 0 Å². The summed E-state index contributed by atoms with van der Waals surface area (Å²) in [5.41, 5.74) is -6.22. The van der Waals surface area contributed by atoms with Crippen LogP contribution in [-0.4, -0.2) is 235 Å². The Labute approximate surface area is 509 Å². The van der Waals surface area contributed by atoms with E-state index < -0.39 is 0 Å². The SMILES string of the molecule is [B]c1c([B])c(-c2c3c([B])c([B])c([B])c([B])c3c(-c3c([B])c([B])c([B])c4oc5c([B])c6c([B])c([B])c([B])c([B])c6c([B])c5c34)c3c([B])c([B])c([B])c([B])c23)c([B])c(-c2c([B])c([B])c([B])c3c([B])c([B])c4c([B])c([B])c([B])c([B])c4c23)c1[B]. The normalized spacial score (nSPS) is 12.0. The van der Waals surface area contributed by atoms with E-state index in [1.54, 1.807) is 0 Å². The molecule has 0 bridgehead atoms. The standard InChI is InChI=1S/C50B30O/c51-19-12(30(62)38(70)32(64)14(19)9-3-10-15(33(65)44(76)43(75)27(10)59)29(61)28(60)13(3)31(63)37(69)26(9)58)2-6-4(21(53)39(71)41(73)23(6)55)1(5-7(2)24(56)42(74)40(72)22(5)54)8-11-18-20(52)16-17(35(67)46(78)45(77)34(16)66)36(68)50(18)81-49(11)48(80)47(79)25(8)57. The third-order valence-corrected chi connectivity index (χ3v) is 16.0. The van der Waals surface area contributed by atoms with Crippen molar-refractivity contribution >= 4 is 475 Å². The summed E-state index contributed by atoms with van der Waals surface area (Å²) < 4.78 is 6.55. The van der Waals surface area contributed by atoms with Crippen molar-refractivity contribution < 1.29 is 4.42 Å². The lowest BCUT2D eigenvalue weighted by Gasteiger charge is -2.33.